The van der Waals surface area contributed by atoms with Gasteiger partial charge in [-0.1, -0.05) is 73.9 Å². The maximum atomic E-state index is 12.1. The van der Waals surface area contributed by atoms with Crippen LogP contribution in [0.25, 0.3) is 18.2 Å². The molecule has 0 atom stereocenters. The summed E-state index contributed by atoms with van der Waals surface area (Å²) < 4.78 is 0. The van der Waals surface area contributed by atoms with Crippen molar-refractivity contribution in [1.82, 2.24) is 0 Å². The highest BCUT2D eigenvalue weighted by molar-refractivity contribution is 6.07. The molecular weight excluding hydrogens is 244 g/mol. The molecule has 0 unspecified atom stereocenters. The molecule has 1 nitrogen and oxygen atoms in total. The molecule has 0 aliphatic heterocycles. The van der Waals surface area contributed by atoms with Gasteiger partial charge in [0.05, 0.1) is 0 Å². The minimum atomic E-state index is -0.0208. The van der Waals surface area contributed by atoms with E-state index < -0.39 is 0 Å². The van der Waals surface area contributed by atoms with Crippen LogP contribution in [0.4, 0.5) is 0 Å². The van der Waals surface area contributed by atoms with Gasteiger partial charge < -0.3 is 0 Å². The van der Waals surface area contributed by atoms with Gasteiger partial charge >= 0.3 is 0 Å². The quantitative estimate of drug-likeness (QED) is 0.553. The van der Waals surface area contributed by atoms with Gasteiger partial charge in [-0.05, 0) is 28.8 Å². The summed E-state index contributed by atoms with van der Waals surface area (Å²) in [6.45, 7) is 7.50. The predicted octanol–water partition coefficient (Wildman–Crippen LogP) is 4.87. The van der Waals surface area contributed by atoms with E-state index in [4.69, 9.17) is 0 Å². The second-order valence-corrected chi connectivity index (χ2v) is 4.36. The lowest BCUT2D eigenvalue weighted by atomic mass is 10.0. The molecule has 0 heterocycles. The number of carbonyl (C=O) groups excluding carboxylic acids is 1. The third-order valence-electron chi connectivity index (χ3n) is 3.04. The number of benzene rings is 2. The maximum absolute atomic E-state index is 12.1. The molecule has 0 bridgehead atoms. The van der Waals surface area contributed by atoms with E-state index in [0.29, 0.717) is 5.56 Å². The summed E-state index contributed by atoms with van der Waals surface area (Å²) in [5, 5.41) is 0. The van der Waals surface area contributed by atoms with Gasteiger partial charge in [-0.2, -0.15) is 0 Å². The van der Waals surface area contributed by atoms with Gasteiger partial charge in [-0.15, -0.1) is 0 Å². The summed E-state index contributed by atoms with van der Waals surface area (Å²) in [6.07, 6.45) is 6.89. The molecule has 98 valence electrons. The molecule has 0 aliphatic carbocycles. The zero-order valence-electron chi connectivity index (χ0n) is 11.3. The minimum absolute atomic E-state index is 0.0208. The number of hydrogen-bond donors (Lipinski definition) is 0. The van der Waals surface area contributed by atoms with Crippen LogP contribution in [0.5, 0.6) is 0 Å². The van der Waals surface area contributed by atoms with Gasteiger partial charge in [-0.25, -0.2) is 0 Å². The summed E-state index contributed by atoms with van der Waals surface area (Å²) >= 11 is 0. The van der Waals surface area contributed by atoms with Crippen molar-refractivity contribution in [3.05, 3.63) is 90.0 Å². The highest BCUT2D eigenvalue weighted by Crippen LogP contribution is 2.16. The third kappa shape index (κ3) is 3.21. The molecule has 0 fully saturated rings. The first-order chi connectivity index (χ1) is 9.74. The van der Waals surface area contributed by atoms with Crippen LogP contribution in [0.2, 0.25) is 0 Å². The van der Waals surface area contributed by atoms with Crippen LogP contribution in [-0.2, 0) is 0 Å². The number of carbonyl (C=O) groups is 1. The molecule has 2 aromatic carbocycles. The van der Waals surface area contributed by atoms with Crippen molar-refractivity contribution in [2.45, 2.75) is 0 Å². The van der Waals surface area contributed by atoms with Crippen molar-refractivity contribution in [1.29, 1.82) is 0 Å². The zero-order chi connectivity index (χ0) is 14.4. The minimum Gasteiger partial charge on any atom is -0.289 e. The van der Waals surface area contributed by atoms with Gasteiger partial charge in [-0.3, -0.25) is 4.79 Å². The van der Waals surface area contributed by atoms with Crippen LogP contribution < -0.4 is 0 Å². The average Bonchev–Trinajstić information content (AvgIpc) is 2.52. The fourth-order valence-corrected chi connectivity index (χ4v) is 1.92. The number of hydrogen-bond acceptors (Lipinski definition) is 1. The maximum Gasteiger partial charge on any atom is 0.185 e. The van der Waals surface area contributed by atoms with E-state index in [2.05, 4.69) is 13.2 Å². The van der Waals surface area contributed by atoms with Crippen LogP contribution >= 0.6 is 0 Å². The first-order valence-electron chi connectivity index (χ1n) is 6.41. The fraction of sp³-hybridized carbons (Fsp3) is 0. The van der Waals surface area contributed by atoms with Crippen LogP contribution in [-0.4, -0.2) is 5.78 Å². The van der Waals surface area contributed by atoms with E-state index in [1.807, 2.05) is 54.6 Å². The molecule has 0 saturated heterocycles. The van der Waals surface area contributed by atoms with E-state index in [1.54, 1.807) is 18.2 Å². The Morgan fingerprint density at radius 1 is 0.900 bits per heavy atom. The first kappa shape index (κ1) is 13.8. The molecule has 20 heavy (non-hydrogen) atoms. The number of allylic oxidation sites excluding steroid dienone is 1. The topological polar surface area (TPSA) is 17.1 Å². The van der Waals surface area contributed by atoms with Crippen molar-refractivity contribution in [3.8, 4) is 0 Å². The molecule has 0 saturated carbocycles. The Morgan fingerprint density at radius 3 is 2.25 bits per heavy atom. The van der Waals surface area contributed by atoms with Crippen molar-refractivity contribution in [2.24, 2.45) is 0 Å². The van der Waals surface area contributed by atoms with Crippen LogP contribution in [0, 0.1) is 0 Å². The lowest BCUT2D eigenvalue weighted by Gasteiger charge is -2.03. The highest BCUT2D eigenvalue weighted by atomic mass is 16.1. The summed E-state index contributed by atoms with van der Waals surface area (Å²) in [4.78, 5) is 12.1. The second kappa shape index (κ2) is 6.48. The van der Waals surface area contributed by atoms with E-state index in [0.717, 1.165) is 16.7 Å². The summed E-state index contributed by atoms with van der Waals surface area (Å²) in [5.74, 6) is -0.0208. The third-order valence-corrected chi connectivity index (χ3v) is 3.04. The van der Waals surface area contributed by atoms with Crippen molar-refractivity contribution in [2.75, 3.05) is 0 Å². The smallest absolute Gasteiger partial charge is 0.185 e. The summed E-state index contributed by atoms with van der Waals surface area (Å²) in [6, 6.07) is 15.3. The summed E-state index contributed by atoms with van der Waals surface area (Å²) in [5.41, 5.74) is 3.55. The molecule has 0 aliphatic rings. The van der Waals surface area contributed by atoms with Crippen LogP contribution in [0.1, 0.15) is 27.0 Å². The zero-order valence-corrected chi connectivity index (χ0v) is 11.3. The van der Waals surface area contributed by atoms with Crippen molar-refractivity contribution >= 4 is 24.0 Å². The molecule has 0 spiro atoms. The van der Waals surface area contributed by atoms with Crippen LogP contribution in [0.15, 0.2) is 67.8 Å². The predicted molar refractivity (Wildman–Crippen MR) is 86.4 cm³/mol. The Hall–Kier alpha value is -2.67. The van der Waals surface area contributed by atoms with Gasteiger partial charge in [0.15, 0.2) is 5.78 Å². The molecule has 1 heteroatoms. The lowest BCUT2D eigenvalue weighted by Crippen LogP contribution is -1.95. The van der Waals surface area contributed by atoms with Gasteiger partial charge in [0, 0.05) is 5.56 Å². The SMILES string of the molecule is C=Cc1ccc(C(=O)/C=C/c2ccccc2)cc1C=C. The second-order valence-electron chi connectivity index (χ2n) is 4.36. The number of ketones is 1. The van der Waals surface area contributed by atoms with Gasteiger partial charge in [0.2, 0.25) is 0 Å². The Kier molecular flexibility index (Phi) is 4.46. The molecule has 0 amide bonds. The van der Waals surface area contributed by atoms with E-state index in [1.165, 1.54) is 0 Å². The Morgan fingerprint density at radius 2 is 1.60 bits per heavy atom. The Labute approximate surface area is 119 Å². The molecule has 2 rings (SSSR count). The molecular formula is C19H16O. The Balaban J connectivity index is 2.23. The fourth-order valence-electron chi connectivity index (χ4n) is 1.92. The van der Waals surface area contributed by atoms with Crippen molar-refractivity contribution < 1.29 is 4.79 Å². The number of rotatable bonds is 5. The lowest BCUT2D eigenvalue weighted by molar-refractivity contribution is 0.104. The standard InChI is InChI=1S/C19H16O/c1-3-16-11-12-18(14-17(16)4-2)19(20)13-10-15-8-6-5-7-9-15/h3-14H,1-2H2/b13-10+. The Bertz CT molecular complexity index is 663. The van der Waals surface area contributed by atoms with E-state index >= 15 is 0 Å². The average molecular weight is 260 g/mol. The van der Waals surface area contributed by atoms with E-state index in [-0.39, 0.29) is 5.78 Å². The summed E-state index contributed by atoms with van der Waals surface area (Å²) in [7, 11) is 0. The molecule has 0 radical (unpaired) electrons. The van der Waals surface area contributed by atoms with Crippen molar-refractivity contribution in [3.63, 3.8) is 0 Å². The molecule has 0 aromatic heterocycles. The van der Waals surface area contributed by atoms with Crippen LogP contribution in [0.3, 0.4) is 0 Å². The largest absolute Gasteiger partial charge is 0.289 e. The first-order valence-corrected chi connectivity index (χ1v) is 6.41. The monoisotopic (exact) mass is 260 g/mol. The van der Waals surface area contributed by atoms with E-state index in [9.17, 15) is 4.79 Å². The molecule has 0 N–H and O–H groups in total. The normalized spacial score (nSPS) is 10.4. The highest BCUT2D eigenvalue weighted by Gasteiger charge is 2.04. The van der Waals surface area contributed by atoms with Gasteiger partial charge in [0.25, 0.3) is 0 Å². The molecule has 2 aromatic rings. The van der Waals surface area contributed by atoms with Gasteiger partial charge in [0.1, 0.15) is 0 Å².